The lowest BCUT2D eigenvalue weighted by Crippen LogP contribution is -2.36. The Morgan fingerprint density at radius 3 is 2.36 bits per heavy atom. The van der Waals surface area contributed by atoms with Crippen LogP contribution in [0.4, 0.5) is 0 Å². The van der Waals surface area contributed by atoms with E-state index in [9.17, 15) is 0 Å². The number of alkyl halides is 1. The van der Waals surface area contributed by atoms with Crippen molar-refractivity contribution in [3.8, 4) is 0 Å². The fraction of sp³-hybridized carbons (Fsp3) is 1.00. The van der Waals surface area contributed by atoms with Gasteiger partial charge in [0.25, 0.3) is 0 Å². The predicted octanol–water partition coefficient (Wildman–Crippen LogP) is 4.50. The lowest BCUT2D eigenvalue weighted by Gasteiger charge is -2.25. The van der Waals surface area contributed by atoms with Gasteiger partial charge in [-0.2, -0.15) is 0 Å². The SMILES string of the molecule is CCCCCCC(C)O[Si](C)(C)CBr. The average Bonchev–Trinajstić information content (AvgIpc) is 2.12. The molecule has 0 aromatic carbocycles. The summed E-state index contributed by atoms with van der Waals surface area (Å²) < 4.78 is 6.06. The van der Waals surface area contributed by atoms with Crippen LogP contribution >= 0.6 is 15.9 Å². The summed E-state index contributed by atoms with van der Waals surface area (Å²) in [5.41, 5.74) is 0. The molecule has 0 aliphatic carbocycles. The van der Waals surface area contributed by atoms with E-state index in [0.29, 0.717) is 6.10 Å². The Labute approximate surface area is 98.9 Å². The average molecular weight is 281 g/mol. The first-order chi connectivity index (χ1) is 6.52. The Morgan fingerprint density at radius 2 is 1.86 bits per heavy atom. The van der Waals surface area contributed by atoms with Gasteiger partial charge in [0, 0.05) is 11.1 Å². The second kappa shape index (κ2) is 7.89. The van der Waals surface area contributed by atoms with Crippen molar-refractivity contribution in [2.24, 2.45) is 0 Å². The smallest absolute Gasteiger partial charge is 0.197 e. The van der Waals surface area contributed by atoms with E-state index in [1.165, 1.54) is 32.1 Å². The van der Waals surface area contributed by atoms with E-state index >= 15 is 0 Å². The molecule has 0 aromatic heterocycles. The Hall–Kier alpha value is 0.657. The quantitative estimate of drug-likeness (QED) is 0.361. The molecule has 0 bridgehead atoms. The second-order valence-corrected chi connectivity index (χ2v) is 10.4. The molecule has 14 heavy (non-hydrogen) atoms. The molecule has 0 heterocycles. The van der Waals surface area contributed by atoms with Crippen molar-refractivity contribution < 1.29 is 4.43 Å². The summed E-state index contributed by atoms with van der Waals surface area (Å²) in [5, 5.41) is 0. The van der Waals surface area contributed by atoms with E-state index < -0.39 is 8.32 Å². The molecule has 3 heteroatoms. The molecule has 0 amide bonds. The number of halogens is 1. The van der Waals surface area contributed by atoms with Crippen LogP contribution in [0.5, 0.6) is 0 Å². The molecule has 0 spiro atoms. The summed E-state index contributed by atoms with van der Waals surface area (Å²) in [6.45, 7) is 9.00. The highest BCUT2D eigenvalue weighted by Crippen LogP contribution is 2.15. The van der Waals surface area contributed by atoms with Crippen LogP contribution in [0.1, 0.15) is 46.0 Å². The molecule has 0 N–H and O–H groups in total. The number of hydrogen-bond donors (Lipinski definition) is 0. The topological polar surface area (TPSA) is 9.23 Å². The zero-order valence-electron chi connectivity index (χ0n) is 10.1. The Balaban J connectivity index is 3.49. The van der Waals surface area contributed by atoms with Crippen molar-refractivity contribution in [1.29, 1.82) is 0 Å². The van der Waals surface area contributed by atoms with E-state index in [4.69, 9.17) is 4.43 Å². The van der Waals surface area contributed by atoms with Crippen molar-refractivity contribution in [3.05, 3.63) is 0 Å². The van der Waals surface area contributed by atoms with Gasteiger partial charge < -0.3 is 4.43 Å². The minimum atomic E-state index is -1.39. The molecule has 1 atom stereocenters. The largest absolute Gasteiger partial charge is 0.414 e. The van der Waals surface area contributed by atoms with Crippen molar-refractivity contribution in [2.75, 3.05) is 4.95 Å². The maximum Gasteiger partial charge on any atom is 0.197 e. The first-order valence-electron chi connectivity index (χ1n) is 5.75. The zero-order chi connectivity index (χ0) is 11.0. The Kier molecular flexibility index (Phi) is 8.26. The molecular weight excluding hydrogens is 256 g/mol. The van der Waals surface area contributed by atoms with Gasteiger partial charge in [-0.25, -0.2) is 0 Å². The van der Waals surface area contributed by atoms with E-state index in [1.807, 2.05) is 0 Å². The molecule has 86 valence electrons. The van der Waals surface area contributed by atoms with E-state index in [1.54, 1.807) is 0 Å². The number of hydrogen-bond acceptors (Lipinski definition) is 1. The maximum atomic E-state index is 6.06. The van der Waals surface area contributed by atoms with Crippen LogP contribution in [-0.4, -0.2) is 19.4 Å². The Bertz CT molecular complexity index is 139. The first-order valence-corrected chi connectivity index (χ1v) is 9.99. The third kappa shape index (κ3) is 8.01. The lowest BCUT2D eigenvalue weighted by molar-refractivity contribution is 0.199. The van der Waals surface area contributed by atoms with E-state index in [2.05, 4.69) is 42.9 Å². The monoisotopic (exact) mass is 280 g/mol. The molecule has 0 rings (SSSR count). The van der Waals surface area contributed by atoms with E-state index in [-0.39, 0.29) is 0 Å². The molecule has 0 radical (unpaired) electrons. The minimum absolute atomic E-state index is 0.450. The highest BCUT2D eigenvalue weighted by atomic mass is 79.9. The standard InChI is InChI=1S/C11H25BrOSi/c1-5-6-7-8-9-11(2)13-14(3,4)10-12/h11H,5-10H2,1-4H3. The van der Waals surface area contributed by atoms with Crippen LogP contribution in [-0.2, 0) is 4.43 Å². The van der Waals surface area contributed by atoms with Gasteiger partial charge in [-0.05, 0) is 26.4 Å². The molecule has 1 nitrogen and oxygen atoms in total. The van der Waals surface area contributed by atoms with Crippen molar-refractivity contribution in [3.63, 3.8) is 0 Å². The molecule has 0 aliphatic rings. The molecule has 0 fully saturated rings. The maximum absolute atomic E-state index is 6.06. The van der Waals surface area contributed by atoms with E-state index in [0.717, 1.165) is 4.95 Å². The number of unbranched alkanes of at least 4 members (excludes halogenated alkanes) is 3. The summed E-state index contributed by atoms with van der Waals surface area (Å²) in [6, 6.07) is 0. The van der Waals surface area contributed by atoms with Gasteiger partial charge in [-0.1, -0.05) is 48.5 Å². The van der Waals surface area contributed by atoms with Gasteiger partial charge in [-0.3, -0.25) is 0 Å². The summed E-state index contributed by atoms with van der Waals surface area (Å²) in [5.74, 6) is 0. The third-order valence-corrected chi connectivity index (χ3v) is 8.04. The highest BCUT2D eigenvalue weighted by molar-refractivity contribution is 9.09. The van der Waals surface area contributed by atoms with Crippen molar-refractivity contribution >= 4 is 24.2 Å². The molecular formula is C11H25BrOSi. The number of rotatable bonds is 8. The van der Waals surface area contributed by atoms with Crippen LogP contribution in [0.15, 0.2) is 0 Å². The van der Waals surface area contributed by atoms with Gasteiger partial charge in [0.2, 0.25) is 0 Å². The molecule has 0 saturated carbocycles. The third-order valence-electron chi connectivity index (χ3n) is 2.31. The van der Waals surface area contributed by atoms with Gasteiger partial charge >= 0.3 is 0 Å². The predicted molar refractivity (Wildman–Crippen MR) is 70.6 cm³/mol. The van der Waals surface area contributed by atoms with Gasteiger partial charge in [0.05, 0.1) is 0 Å². The van der Waals surface area contributed by atoms with Gasteiger partial charge in [0.15, 0.2) is 8.32 Å². The normalized spacial score (nSPS) is 14.4. The zero-order valence-corrected chi connectivity index (χ0v) is 12.7. The van der Waals surface area contributed by atoms with Crippen LogP contribution < -0.4 is 0 Å². The summed E-state index contributed by atoms with van der Waals surface area (Å²) >= 11 is 3.53. The second-order valence-electron chi connectivity index (χ2n) is 4.67. The van der Waals surface area contributed by atoms with Crippen molar-refractivity contribution in [1.82, 2.24) is 0 Å². The minimum Gasteiger partial charge on any atom is -0.414 e. The van der Waals surface area contributed by atoms with Crippen LogP contribution in [0.25, 0.3) is 0 Å². The van der Waals surface area contributed by atoms with Gasteiger partial charge in [0.1, 0.15) is 0 Å². The summed E-state index contributed by atoms with van der Waals surface area (Å²) in [6.07, 6.45) is 7.04. The van der Waals surface area contributed by atoms with Crippen molar-refractivity contribution in [2.45, 2.75) is 65.1 Å². The highest BCUT2D eigenvalue weighted by Gasteiger charge is 2.22. The van der Waals surface area contributed by atoms with Crippen LogP contribution in [0.3, 0.4) is 0 Å². The molecule has 0 aliphatic heterocycles. The van der Waals surface area contributed by atoms with Crippen LogP contribution in [0.2, 0.25) is 13.1 Å². The van der Waals surface area contributed by atoms with Gasteiger partial charge in [-0.15, -0.1) is 0 Å². The molecule has 0 saturated heterocycles. The molecule has 1 unspecified atom stereocenters. The fourth-order valence-electron chi connectivity index (χ4n) is 1.49. The summed E-state index contributed by atoms with van der Waals surface area (Å²) in [7, 11) is -1.39. The Morgan fingerprint density at radius 1 is 1.21 bits per heavy atom. The lowest BCUT2D eigenvalue weighted by atomic mass is 10.1. The first kappa shape index (κ1) is 14.7. The summed E-state index contributed by atoms with van der Waals surface area (Å²) in [4.78, 5) is 1.04. The molecule has 0 aromatic rings. The van der Waals surface area contributed by atoms with Crippen LogP contribution in [0, 0.1) is 0 Å². The fourth-order valence-corrected chi connectivity index (χ4v) is 3.16.